The van der Waals surface area contributed by atoms with E-state index in [0.29, 0.717) is 5.69 Å². The Hall–Kier alpha value is -3.04. The monoisotopic (exact) mass is 458 g/mol. The van der Waals surface area contributed by atoms with E-state index in [9.17, 15) is 13.2 Å². The molecule has 28 heavy (non-hydrogen) atoms. The van der Waals surface area contributed by atoms with E-state index < -0.39 is 10.0 Å². The lowest BCUT2D eigenvalue weighted by Crippen LogP contribution is -2.15. The number of rotatable bonds is 6. The summed E-state index contributed by atoms with van der Waals surface area (Å²) in [7, 11) is -3.82. The second-order valence-electron chi connectivity index (χ2n) is 5.55. The van der Waals surface area contributed by atoms with E-state index in [1.165, 1.54) is 42.7 Å². The van der Waals surface area contributed by atoms with Crippen LogP contribution >= 0.6 is 15.9 Å². The molecule has 2 aromatic carbocycles. The van der Waals surface area contributed by atoms with Gasteiger partial charge in [-0.1, -0.05) is 34.1 Å². The van der Waals surface area contributed by atoms with Crippen molar-refractivity contribution in [2.75, 3.05) is 10.0 Å². The molecule has 2 N–H and O–H groups in total. The summed E-state index contributed by atoms with van der Waals surface area (Å²) >= 11 is 3.41. The number of hydrogen-bond donors (Lipinski definition) is 2. The molecule has 0 aliphatic rings. The molecule has 0 aliphatic heterocycles. The number of sulfonamides is 1. The van der Waals surface area contributed by atoms with Gasteiger partial charge in [0.05, 0.1) is 4.90 Å². The lowest BCUT2D eigenvalue weighted by atomic mass is 10.2. The zero-order chi connectivity index (χ0) is 20.0. The van der Waals surface area contributed by atoms with Crippen molar-refractivity contribution in [3.8, 4) is 0 Å². The van der Waals surface area contributed by atoms with Crippen molar-refractivity contribution < 1.29 is 13.2 Å². The number of halogens is 1. The van der Waals surface area contributed by atoms with Gasteiger partial charge >= 0.3 is 0 Å². The second-order valence-corrected chi connectivity index (χ2v) is 8.08. The largest absolute Gasteiger partial charge is 0.323 e. The van der Waals surface area contributed by atoms with Crippen LogP contribution in [0.15, 0.2) is 82.4 Å². The fraction of sp³-hybridized carbons (Fsp3) is 0. The number of aromatic nitrogens is 2. The van der Waals surface area contributed by atoms with Crippen LogP contribution in [-0.2, 0) is 14.8 Å². The van der Waals surface area contributed by atoms with E-state index in [-0.39, 0.29) is 16.8 Å². The number of amides is 1. The van der Waals surface area contributed by atoms with Crippen LogP contribution in [0.1, 0.15) is 5.56 Å². The molecular formula is C19H15BrN4O3S. The van der Waals surface area contributed by atoms with Crippen LogP contribution in [0.4, 0.5) is 11.6 Å². The van der Waals surface area contributed by atoms with Crippen molar-refractivity contribution in [1.29, 1.82) is 0 Å². The van der Waals surface area contributed by atoms with Crippen molar-refractivity contribution in [3.05, 3.63) is 83.1 Å². The second kappa shape index (κ2) is 8.77. The molecule has 0 fully saturated rings. The Balaban J connectivity index is 1.65. The van der Waals surface area contributed by atoms with Gasteiger partial charge in [0.25, 0.3) is 10.0 Å². The van der Waals surface area contributed by atoms with Crippen LogP contribution in [0.2, 0.25) is 0 Å². The minimum absolute atomic E-state index is 0.0166. The number of carbonyl (C=O) groups excluding carboxylic acids is 1. The molecule has 0 unspecified atom stereocenters. The minimum atomic E-state index is -3.82. The molecule has 7 nitrogen and oxygen atoms in total. The molecule has 0 spiro atoms. The Kier molecular flexibility index (Phi) is 6.17. The summed E-state index contributed by atoms with van der Waals surface area (Å²) in [5, 5.41) is 2.68. The lowest BCUT2D eigenvalue weighted by Gasteiger charge is -2.07. The number of hydrogen-bond acceptors (Lipinski definition) is 5. The number of nitrogens with one attached hydrogen (secondary N) is 2. The molecule has 9 heteroatoms. The fourth-order valence-corrected chi connectivity index (χ4v) is 3.58. The van der Waals surface area contributed by atoms with Crippen LogP contribution < -0.4 is 10.0 Å². The zero-order valence-corrected chi connectivity index (χ0v) is 16.8. The first kappa shape index (κ1) is 19.7. The van der Waals surface area contributed by atoms with Gasteiger partial charge < -0.3 is 5.32 Å². The molecule has 0 aliphatic carbocycles. The van der Waals surface area contributed by atoms with E-state index in [1.54, 1.807) is 12.1 Å². The van der Waals surface area contributed by atoms with Crippen LogP contribution in [0.3, 0.4) is 0 Å². The maximum Gasteiger partial charge on any atom is 0.264 e. The van der Waals surface area contributed by atoms with Gasteiger partial charge in [-0.3, -0.25) is 4.79 Å². The van der Waals surface area contributed by atoms with Crippen molar-refractivity contribution >= 4 is 49.6 Å². The molecule has 3 rings (SSSR count). The first-order valence-electron chi connectivity index (χ1n) is 8.07. The smallest absolute Gasteiger partial charge is 0.264 e. The average molecular weight is 459 g/mol. The van der Waals surface area contributed by atoms with Crippen molar-refractivity contribution in [2.24, 2.45) is 0 Å². The lowest BCUT2D eigenvalue weighted by molar-refractivity contribution is -0.111. The number of benzene rings is 2. The van der Waals surface area contributed by atoms with E-state index >= 15 is 0 Å². The molecule has 0 saturated carbocycles. The van der Waals surface area contributed by atoms with Gasteiger partial charge in [-0.25, -0.2) is 23.1 Å². The van der Waals surface area contributed by atoms with E-state index in [0.717, 1.165) is 10.0 Å². The SMILES string of the molecule is O=C(/C=C/c1ccccc1Br)Nc1ccc(S(=O)(=O)Nc2ncccn2)cc1. The van der Waals surface area contributed by atoms with Crippen LogP contribution in [0.5, 0.6) is 0 Å². The first-order chi connectivity index (χ1) is 13.4. The van der Waals surface area contributed by atoms with Gasteiger partial charge in [0, 0.05) is 28.6 Å². The Morgan fingerprint density at radius 2 is 1.64 bits per heavy atom. The molecule has 1 aromatic heterocycles. The fourth-order valence-electron chi connectivity index (χ4n) is 2.21. The number of anilines is 2. The highest BCUT2D eigenvalue weighted by atomic mass is 79.9. The summed E-state index contributed by atoms with van der Waals surface area (Å²) in [6.07, 6.45) is 5.96. The Labute approximate surface area is 170 Å². The molecule has 0 radical (unpaired) electrons. The van der Waals surface area contributed by atoms with Gasteiger partial charge in [-0.05, 0) is 48.0 Å². The van der Waals surface area contributed by atoms with E-state index in [4.69, 9.17) is 0 Å². The zero-order valence-electron chi connectivity index (χ0n) is 14.4. The first-order valence-corrected chi connectivity index (χ1v) is 10.4. The number of carbonyl (C=O) groups is 1. The van der Waals surface area contributed by atoms with Gasteiger partial charge in [0.1, 0.15) is 0 Å². The van der Waals surface area contributed by atoms with Crippen LogP contribution in [0, 0.1) is 0 Å². The molecule has 3 aromatic rings. The molecule has 0 atom stereocenters. The summed E-state index contributed by atoms with van der Waals surface area (Å²) in [6, 6.07) is 14.9. The summed E-state index contributed by atoms with van der Waals surface area (Å²) in [6.45, 7) is 0. The standard InChI is InChI=1S/C19H15BrN4O3S/c20-17-5-2-1-4-14(17)6-11-18(25)23-15-7-9-16(10-8-15)28(26,27)24-19-21-12-3-13-22-19/h1-13H,(H,23,25)(H,21,22,24)/b11-6+. The summed E-state index contributed by atoms with van der Waals surface area (Å²) < 4.78 is 27.8. The van der Waals surface area contributed by atoms with E-state index in [1.807, 2.05) is 24.3 Å². The third-order valence-corrected chi connectivity index (χ3v) is 5.61. The quantitative estimate of drug-likeness (QED) is 0.548. The predicted octanol–water partition coefficient (Wildman–Crippen LogP) is 3.69. The predicted molar refractivity (Wildman–Crippen MR) is 111 cm³/mol. The van der Waals surface area contributed by atoms with Crippen LogP contribution in [-0.4, -0.2) is 24.3 Å². The van der Waals surface area contributed by atoms with Gasteiger partial charge in [0.2, 0.25) is 11.9 Å². The maximum atomic E-state index is 12.3. The van der Waals surface area contributed by atoms with Crippen molar-refractivity contribution in [1.82, 2.24) is 9.97 Å². The van der Waals surface area contributed by atoms with Crippen molar-refractivity contribution in [3.63, 3.8) is 0 Å². The molecule has 0 bridgehead atoms. The summed E-state index contributed by atoms with van der Waals surface area (Å²) in [4.78, 5) is 19.7. The highest BCUT2D eigenvalue weighted by molar-refractivity contribution is 9.10. The van der Waals surface area contributed by atoms with Gasteiger partial charge in [0.15, 0.2) is 0 Å². The molecular weight excluding hydrogens is 444 g/mol. The third-order valence-electron chi connectivity index (χ3n) is 3.54. The molecule has 1 heterocycles. The minimum Gasteiger partial charge on any atom is -0.323 e. The summed E-state index contributed by atoms with van der Waals surface area (Å²) in [5.41, 5.74) is 1.34. The third kappa shape index (κ3) is 5.24. The van der Waals surface area contributed by atoms with Crippen LogP contribution in [0.25, 0.3) is 6.08 Å². The molecule has 142 valence electrons. The summed E-state index contributed by atoms with van der Waals surface area (Å²) in [5.74, 6) is -0.348. The Bertz CT molecular complexity index is 1100. The van der Waals surface area contributed by atoms with Gasteiger partial charge in [-0.15, -0.1) is 0 Å². The van der Waals surface area contributed by atoms with E-state index in [2.05, 4.69) is 35.9 Å². The van der Waals surface area contributed by atoms with Gasteiger partial charge in [-0.2, -0.15) is 0 Å². The normalized spacial score (nSPS) is 11.3. The highest BCUT2D eigenvalue weighted by Gasteiger charge is 2.15. The number of nitrogens with zero attached hydrogens (tertiary/aromatic N) is 2. The Morgan fingerprint density at radius 3 is 2.32 bits per heavy atom. The highest BCUT2D eigenvalue weighted by Crippen LogP contribution is 2.18. The topological polar surface area (TPSA) is 101 Å². The maximum absolute atomic E-state index is 12.3. The average Bonchev–Trinajstić information content (AvgIpc) is 2.68. The molecule has 0 saturated heterocycles. The molecule has 1 amide bonds. The Morgan fingerprint density at radius 1 is 0.964 bits per heavy atom. The van der Waals surface area contributed by atoms with Crippen molar-refractivity contribution in [2.45, 2.75) is 4.90 Å².